The van der Waals surface area contributed by atoms with Gasteiger partial charge in [0.1, 0.15) is 16.7 Å². The van der Waals surface area contributed by atoms with Crippen LogP contribution in [0.3, 0.4) is 0 Å². The molecule has 0 bridgehead atoms. The molecule has 2 aromatic carbocycles. The Morgan fingerprint density at radius 3 is 2.74 bits per heavy atom. The molecular formula is C28H25N3O2S. The molecule has 5 nitrogen and oxygen atoms in total. The molecule has 0 amide bonds. The average molecular weight is 468 g/mol. The first-order valence-electron chi connectivity index (χ1n) is 11.6. The van der Waals surface area contributed by atoms with E-state index in [1.54, 1.807) is 0 Å². The van der Waals surface area contributed by atoms with E-state index in [1.807, 2.05) is 48.5 Å². The van der Waals surface area contributed by atoms with E-state index in [-0.39, 0.29) is 5.63 Å². The first-order chi connectivity index (χ1) is 16.6. The molecule has 2 aromatic heterocycles. The molecule has 0 spiro atoms. The minimum absolute atomic E-state index is 0.338. The molecule has 170 valence electrons. The number of fused-ring (bicyclic) bond motifs is 2. The minimum atomic E-state index is -0.338. The highest BCUT2D eigenvalue weighted by Crippen LogP contribution is 2.36. The number of thiazole rings is 1. The summed E-state index contributed by atoms with van der Waals surface area (Å²) in [5.74, 6) is 0. The number of anilines is 1. The predicted molar refractivity (Wildman–Crippen MR) is 140 cm³/mol. The Balaban J connectivity index is 1.57. The van der Waals surface area contributed by atoms with E-state index in [0.29, 0.717) is 16.7 Å². The largest absolute Gasteiger partial charge is 0.422 e. The predicted octanol–water partition coefficient (Wildman–Crippen LogP) is 6.79. The third kappa shape index (κ3) is 4.04. The summed E-state index contributed by atoms with van der Waals surface area (Å²) in [5, 5.41) is 11.6. The number of nitrogens with zero attached hydrogens (tertiary/aromatic N) is 3. The van der Waals surface area contributed by atoms with Crippen molar-refractivity contribution in [2.45, 2.75) is 33.1 Å². The van der Waals surface area contributed by atoms with Crippen molar-refractivity contribution in [1.82, 2.24) is 4.98 Å². The molecule has 0 unspecified atom stereocenters. The molecule has 5 rings (SSSR count). The summed E-state index contributed by atoms with van der Waals surface area (Å²) < 4.78 is 6.82. The van der Waals surface area contributed by atoms with Crippen LogP contribution in [-0.4, -0.2) is 18.1 Å². The number of nitriles is 1. The smallest absolute Gasteiger partial charge is 0.343 e. The molecule has 0 radical (unpaired) electrons. The van der Waals surface area contributed by atoms with Gasteiger partial charge in [-0.05, 0) is 74.6 Å². The Kier molecular flexibility index (Phi) is 6.04. The molecule has 0 N–H and O–H groups in total. The van der Waals surface area contributed by atoms with Gasteiger partial charge in [0, 0.05) is 30.2 Å². The summed E-state index contributed by atoms with van der Waals surface area (Å²) in [5.41, 5.74) is 5.21. The highest BCUT2D eigenvalue weighted by molar-refractivity contribution is 7.19. The van der Waals surface area contributed by atoms with Crippen molar-refractivity contribution in [2.75, 3.05) is 18.0 Å². The fourth-order valence-electron chi connectivity index (χ4n) is 4.58. The van der Waals surface area contributed by atoms with Gasteiger partial charge in [-0.2, -0.15) is 5.26 Å². The van der Waals surface area contributed by atoms with E-state index in [4.69, 9.17) is 4.42 Å². The first kappa shape index (κ1) is 22.1. The number of allylic oxidation sites excluding steroid dienone is 4. The van der Waals surface area contributed by atoms with E-state index in [9.17, 15) is 10.1 Å². The summed E-state index contributed by atoms with van der Waals surface area (Å²) in [4.78, 5) is 19.9. The number of hydrogen-bond acceptors (Lipinski definition) is 6. The van der Waals surface area contributed by atoms with Gasteiger partial charge in [-0.1, -0.05) is 18.2 Å². The summed E-state index contributed by atoms with van der Waals surface area (Å²) >= 11 is 1.53. The number of hydrogen-bond donors (Lipinski definition) is 0. The van der Waals surface area contributed by atoms with Gasteiger partial charge in [-0.15, -0.1) is 11.3 Å². The monoisotopic (exact) mass is 467 g/mol. The van der Waals surface area contributed by atoms with Crippen molar-refractivity contribution in [3.8, 4) is 6.07 Å². The van der Waals surface area contributed by atoms with Crippen molar-refractivity contribution < 1.29 is 4.42 Å². The molecule has 34 heavy (non-hydrogen) atoms. The van der Waals surface area contributed by atoms with Crippen LogP contribution in [0.4, 0.5) is 5.69 Å². The Hall–Kier alpha value is -3.69. The molecule has 0 atom stereocenters. The van der Waals surface area contributed by atoms with E-state index < -0.39 is 0 Å². The molecule has 0 fully saturated rings. The molecule has 0 aliphatic heterocycles. The van der Waals surface area contributed by atoms with Gasteiger partial charge in [-0.25, -0.2) is 9.78 Å². The van der Waals surface area contributed by atoms with Gasteiger partial charge in [0.25, 0.3) is 0 Å². The molecule has 1 aliphatic carbocycles. The van der Waals surface area contributed by atoms with Crippen molar-refractivity contribution in [3.05, 3.63) is 81.2 Å². The number of para-hydroxylation sites is 1. The zero-order valence-electron chi connectivity index (χ0n) is 19.3. The quantitative estimate of drug-likeness (QED) is 0.239. The van der Waals surface area contributed by atoms with Crippen molar-refractivity contribution >= 4 is 49.4 Å². The van der Waals surface area contributed by atoms with Crippen LogP contribution in [0, 0.1) is 11.3 Å². The molecule has 0 saturated heterocycles. The van der Waals surface area contributed by atoms with Crippen LogP contribution < -0.4 is 10.5 Å². The van der Waals surface area contributed by atoms with Gasteiger partial charge in [0.05, 0.1) is 21.4 Å². The summed E-state index contributed by atoms with van der Waals surface area (Å²) in [7, 11) is 0. The zero-order valence-corrected chi connectivity index (χ0v) is 20.1. The van der Waals surface area contributed by atoms with E-state index in [1.165, 1.54) is 11.3 Å². The molecule has 6 heteroatoms. The lowest BCUT2D eigenvalue weighted by Crippen LogP contribution is -2.21. The van der Waals surface area contributed by atoms with Gasteiger partial charge >= 0.3 is 5.63 Å². The average Bonchev–Trinajstić information content (AvgIpc) is 3.29. The number of rotatable bonds is 5. The van der Waals surface area contributed by atoms with Crippen LogP contribution in [0.25, 0.3) is 32.3 Å². The second kappa shape index (κ2) is 9.28. The topological polar surface area (TPSA) is 70.1 Å². The lowest BCUT2D eigenvalue weighted by Gasteiger charge is -2.21. The standard InChI is InChI=1S/C28H25N3O2S/c1-3-31(4-2)21-13-12-20-15-22(28(32)33-25(20)16-21)18-8-7-9-19(14-18)23(17-29)27-30-24-10-5-6-11-26(24)34-27/h5-6,10-16H,3-4,7-9H2,1-2H3. The fourth-order valence-corrected chi connectivity index (χ4v) is 5.57. The maximum Gasteiger partial charge on any atom is 0.343 e. The van der Waals surface area contributed by atoms with Crippen LogP contribution in [0.2, 0.25) is 0 Å². The lowest BCUT2D eigenvalue weighted by molar-refractivity contribution is 0.557. The maximum absolute atomic E-state index is 13.0. The van der Waals surface area contributed by atoms with Crippen molar-refractivity contribution in [2.24, 2.45) is 0 Å². The molecule has 1 aliphatic rings. The van der Waals surface area contributed by atoms with Crippen LogP contribution in [-0.2, 0) is 0 Å². The maximum atomic E-state index is 13.0. The van der Waals surface area contributed by atoms with Crippen LogP contribution in [0.5, 0.6) is 0 Å². The highest BCUT2D eigenvalue weighted by Gasteiger charge is 2.19. The van der Waals surface area contributed by atoms with Gasteiger partial charge in [-0.3, -0.25) is 0 Å². The van der Waals surface area contributed by atoms with Crippen molar-refractivity contribution in [3.63, 3.8) is 0 Å². The Bertz CT molecular complexity index is 1510. The lowest BCUT2D eigenvalue weighted by atomic mass is 9.89. The highest BCUT2D eigenvalue weighted by atomic mass is 32.1. The molecule has 2 heterocycles. The second-order valence-electron chi connectivity index (χ2n) is 8.36. The molecular weight excluding hydrogens is 442 g/mol. The Labute approximate surface area is 202 Å². The van der Waals surface area contributed by atoms with Crippen molar-refractivity contribution in [1.29, 1.82) is 5.26 Å². The van der Waals surface area contributed by atoms with Gasteiger partial charge < -0.3 is 9.32 Å². The van der Waals surface area contributed by atoms with Crippen LogP contribution in [0.15, 0.2) is 69.4 Å². The minimum Gasteiger partial charge on any atom is -0.422 e. The summed E-state index contributed by atoms with van der Waals surface area (Å²) in [6.07, 6.45) is 4.43. The number of benzene rings is 2. The summed E-state index contributed by atoms with van der Waals surface area (Å²) in [6.45, 7) is 6.00. The van der Waals surface area contributed by atoms with E-state index in [0.717, 1.165) is 69.8 Å². The third-order valence-electron chi connectivity index (χ3n) is 6.38. The van der Waals surface area contributed by atoms with Gasteiger partial charge in [0.15, 0.2) is 0 Å². The fraction of sp³-hybridized carbons (Fsp3) is 0.250. The van der Waals surface area contributed by atoms with Crippen LogP contribution in [0.1, 0.15) is 43.7 Å². The Morgan fingerprint density at radius 2 is 1.97 bits per heavy atom. The second-order valence-corrected chi connectivity index (χ2v) is 9.39. The first-order valence-corrected chi connectivity index (χ1v) is 12.5. The zero-order chi connectivity index (χ0) is 23.7. The van der Waals surface area contributed by atoms with E-state index in [2.05, 4.69) is 35.9 Å². The molecule has 0 saturated carbocycles. The molecule has 4 aromatic rings. The summed E-state index contributed by atoms with van der Waals surface area (Å²) in [6, 6.07) is 18.2. The third-order valence-corrected chi connectivity index (χ3v) is 7.43. The Morgan fingerprint density at radius 1 is 1.15 bits per heavy atom. The normalized spacial score (nSPS) is 15.3. The SMILES string of the molecule is CCN(CC)c1ccc2cc(C3=CC(=C(C#N)c4nc5ccccc5s4)CCC3)c(=O)oc2c1. The van der Waals surface area contributed by atoms with E-state index >= 15 is 0 Å². The number of aromatic nitrogens is 1. The van der Waals surface area contributed by atoms with Gasteiger partial charge in [0.2, 0.25) is 0 Å². The van der Waals surface area contributed by atoms with Crippen LogP contribution >= 0.6 is 11.3 Å².